The van der Waals surface area contributed by atoms with E-state index in [1.165, 1.54) is 12.2 Å². The van der Waals surface area contributed by atoms with Crippen LogP contribution in [-0.2, 0) is 0 Å². The van der Waals surface area contributed by atoms with Gasteiger partial charge in [0.05, 0.1) is 0 Å². The lowest BCUT2D eigenvalue weighted by Crippen LogP contribution is -2.20. The van der Waals surface area contributed by atoms with E-state index in [2.05, 4.69) is 20.7 Å². The number of nitrogens with zero attached hydrogens (tertiary/aromatic N) is 2. The van der Waals surface area contributed by atoms with Crippen molar-refractivity contribution in [1.82, 2.24) is 9.97 Å². The summed E-state index contributed by atoms with van der Waals surface area (Å²) in [6.07, 6.45) is 1.19. The molecule has 1 aliphatic rings. The predicted octanol–water partition coefficient (Wildman–Crippen LogP) is 0.988. The molecule has 0 spiro atoms. The van der Waals surface area contributed by atoms with E-state index in [-0.39, 0.29) is 0 Å². The van der Waals surface area contributed by atoms with Crippen molar-refractivity contribution in [2.45, 2.75) is 19.4 Å². The highest BCUT2D eigenvalue weighted by Crippen LogP contribution is 2.21. The zero-order valence-corrected chi connectivity index (χ0v) is 9.47. The molecule has 0 saturated carbocycles. The van der Waals surface area contributed by atoms with Gasteiger partial charge in [0.25, 0.3) is 0 Å². The maximum absolute atomic E-state index is 5.29. The molecule has 0 bridgehead atoms. The molecule has 1 atom stereocenters. The van der Waals surface area contributed by atoms with Crippen LogP contribution in [0.3, 0.4) is 0 Å². The first-order valence-corrected chi connectivity index (χ1v) is 6.10. The van der Waals surface area contributed by atoms with E-state index in [1.54, 1.807) is 0 Å². The summed E-state index contributed by atoms with van der Waals surface area (Å²) in [5, 5.41) is 3.39. The van der Waals surface area contributed by atoms with Gasteiger partial charge in [-0.05, 0) is 19.1 Å². The number of nitrogen functional groups attached to an aromatic ring is 1. The second kappa shape index (κ2) is 4.67. The van der Waals surface area contributed by atoms with Gasteiger partial charge in [-0.2, -0.15) is 16.7 Å². The molecule has 1 aromatic rings. The average Bonchev–Trinajstić information content (AvgIpc) is 2.69. The van der Waals surface area contributed by atoms with Gasteiger partial charge >= 0.3 is 0 Å². The third-order valence-electron chi connectivity index (χ3n) is 2.27. The second-order valence-corrected chi connectivity index (χ2v) is 4.72. The quantitative estimate of drug-likeness (QED) is 0.526. The molecule has 0 radical (unpaired) electrons. The van der Waals surface area contributed by atoms with Crippen molar-refractivity contribution in [3.05, 3.63) is 11.8 Å². The third kappa shape index (κ3) is 2.73. The lowest BCUT2D eigenvalue weighted by Gasteiger charge is -2.12. The van der Waals surface area contributed by atoms with E-state index >= 15 is 0 Å². The number of anilines is 2. The molecule has 5 nitrogen and oxygen atoms in total. The van der Waals surface area contributed by atoms with Crippen LogP contribution in [0.25, 0.3) is 0 Å². The Bertz CT molecular complexity index is 337. The van der Waals surface area contributed by atoms with Gasteiger partial charge in [0.1, 0.15) is 5.82 Å². The van der Waals surface area contributed by atoms with E-state index in [9.17, 15) is 0 Å². The Balaban J connectivity index is 2.09. The lowest BCUT2D eigenvalue weighted by atomic mass is 10.2. The number of aryl methyl sites for hydroxylation is 1. The van der Waals surface area contributed by atoms with Crippen molar-refractivity contribution in [2.75, 3.05) is 22.2 Å². The molecule has 1 saturated heterocycles. The smallest absolute Gasteiger partial charge is 0.239 e. The molecule has 0 amide bonds. The molecule has 1 fully saturated rings. The molecule has 0 aliphatic carbocycles. The highest BCUT2D eigenvalue weighted by molar-refractivity contribution is 7.99. The average molecular weight is 225 g/mol. The van der Waals surface area contributed by atoms with E-state index in [0.717, 1.165) is 17.3 Å². The number of nitrogens with one attached hydrogen (secondary N) is 2. The van der Waals surface area contributed by atoms with Crippen LogP contribution in [-0.4, -0.2) is 27.5 Å². The van der Waals surface area contributed by atoms with Crippen molar-refractivity contribution in [3.8, 4) is 0 Å². The normalized spacial score (nSPS) is 20.3. The summed E-state index contributed by atoms with van der Waals surface area (Å²) < 4.78 is 0. The van der Waals surface area contributed by atoms with Gasteiger partial charge in [-0.25, -0.2) is 10.8 Å². The molecule has 1 unspecified atom stereocenters. The van der Waals surface area contributed by atoms with Crippen molar-refractivity contribution >= 4 is 23.5 Å². The van der Waals surface area contributed by atoms with Gasteiger partial charge in [0.2, 0.25) is 5.95 Å². The minimum atomic E-state index is 0.461. The van der Waals surface area contributed by atoms with E-state index < -0.39 is 0 Å². The summed E-state index contributed by atoms with van der Waals surface area (Å²) in [5.74, 6) is 8.97. The summed E-state index contributed by atoms with van der Waals surface area (Å²) in [4.78, 5) is 8.38. The molecular formula is C9H15N5S. The molecule has 15 heavy (non-hydrogen) atoms. The largest absolute Gasteiger partial charge is 0.366 e. The summed E-state index contributed by atoms with van der Waals surface area (Å²) in [5.41, 5.74) is 3.37. The molecule has 2 rings (SSSR count). The number of hydrazine groups is 1. The minimum Gasteiger partial charge on any atom is -0.366 e. The maximum Gasteiger partial charge on any atom is 0.239 e. The van der Waals surface area contributed by atoms with Gasteiger partial charge < -0.3 is 5.32 Å². The monoisotopic (exact) mass is 225 g/mol. The van der Waals surface area contributed by atoms with Crippen molar-refractivity contribution < 1.29 is 0 Å². The fourth-order valence-corrected chi connectivity index (χ4v) is 2.72. The second-order valence-electron chi connectivity index (χ2n) is 3.57. The molecule has 82 valence electrons. The number of hydrogen-bond donors (Lipinski definition) is 3. The maximum atomic E-state index is 5.29. The van der Waals surface area contributed by atoms with Crippen molar-refractivity contribution in [1.29, 1.82) is 0 Å². The fraction of sp³-hybridized carbons (Fsp3) is 0.556. The summed E-state index contributed by atoms with van der Waals surface area (Å²) in [7, 11) is 0. The molecule has 4 N–H and O–H groups in total. The summed E-state index contributed by atoms with van der Waals surface area (Å²) in [6.45, 7) is 1.93. The first-order chi connectivity index (χ1) is 7.28. The van der Waals surface area contributed by atoms with Gasteiger partial charge in [-0.15, -0.1) is 0 Å². The molecule has 1 aliphatic heterocycles. The first-order valence-electron chi connectivity index (χ1n) is 4.94. The van der Waals surface area contributed by atoms with E-state index in [4.69, 9.17) is 5.84 Å². The molecule has 6 heteroatoms. The highest BCUT2D eigenvalue weighted by atomic mass is 32.2. The Morgan fingerprint density at radius 3 is 3.07 bits per heavy atom. The van der Waals surface area contributed by atoms with Gasteiger partial charge in [-0.3, -0.25) is 5.43 Å². The number of thioether (sulfide) groups is 1. The highest BCUT2D eigenvalue weighted by Gasteiger charge is 2.15. The van der Waals surface area contributed by atoms with E-state index in [1.807, 2.05) is 24.8 Å². The van der Waals surface area contributed by atoms with Crippen LogP contribution in [0, 0.1) is 6.92 Å². The Morgan fingerprint density at radius 1 is 1.53 bits per heavy atom. The van der Waals surface area contributed by atoms with Crippen LogP contribution in [0.5, 0.6) is 0 Å². The molecule has 1 aromatic heterocycles. The Labute approximate surface area is 93.2 Å². The van der Waals surface area contributed by atoms with Crippen LogP contribution in [0.15, 0.2) is 6.07 Å². The topological polar surface area (TPSA) is 75.9 Å². The van der Waals surface area contributed by atoms with Crippen LogP contribution in [0.2, 0.25) is 0 Å². The Morgan fingerprint density at radius 2 is 2.40 bits per heavy atom. The summed E-state index contributed by atoms with van der Waals surface area (Å²) in [6, 6.07) is 2.46. The molecule has 2 heterocycles. The van der Waals surface area contributed by atoms with Crippen molar-refractivity contribution in [3.63, 3.8) is 0 Å². The number of nitrogens with two attached hydrogens (primary N) is 1. The number of hydrogen-bond acceptors (Lipinski definition) is 6. The van der Waals surface area contributed by atoms with Crippen LogP contribution >= 0.6 is 11.8 Å². The van der Waals surface area contributed by atoms with Gasteiger partial charge in [0, 0.05) is 23.6 Å². The third-order valence-corrected chi connectivity index (χ3v) is 3.43. The van der Waals surface area contributed by atoms with E-state index in [0.29, 0.717) is 12.0 Å². The predicted molar refractivity (Wildman–Crippen MR) is 63.9 cm³/mol. The Hall–Kier alpha value is -1.01. The zero-order valence-electron chi connectivity index (χ0n) is 8.66. The van der Waals surface area contributed by atoms with Crippen LogP contribution in [0.4, 0.5) is 11.8 Å². The minimum absolute atomic E-state index is 0.461. The van der Waals surface area contributed by atoms with Gasteiger partial charge in [-0.1, -0.05) is 0 Å². The summed E-state index contributed by atoms with van der Waals surface area (Å²) >= 11 is 1.97. The number of aromatic nitrogens is 2. The fourth-order valence-electron chi connectivity index (χ4n) is 1.56. The van der Waals surface area contributed by atoms with Crippen LogP contribution in [0.1, 0.15) is 12.1 Å². The zero-order chi connectivity index (χ0) is 10.7. The molecular weight excluding hydrogens is 210 g/mol. The SMILES string of the molecule is Cc1cc(NC2CCSC2)nc(NN)n1. The standard InChI is InChI=1S/C9H15N5S/c1-6-4-8(13-9(11-6)14-10)12-7-2-3-15-5-7/h4,7H,2-3,5,10H2,1H3,(H2,11,12,13,14). The number of rotatable bonds is 3. The van der Waals surface area contributed by atoms with Crippen molar-refractivity contribution in [2.24, 2.45) is 5.84 Å². The Kier molecular flexibility index (Phi) is 3.27. The van der Waals surface area contributed by atoms with Crippen LogP contribution < -0.4 is 16.6 Å². The lowest BCUT2D eigenvalue weighted by molar-refractivity contribution is 0.805. The molecule has 0 aromatic carbocycles. The van der Waals surface area contributed by atoms with Gasteiger partial charge in [0.15, 0.2) is 0 Å². The first kappa shape index (κ1) is 10.5.